The summed E-state index contributed by atoms with van der Waals surface area (Å²) in [4.78, 5) is 4.03. The van der Waals surface area contributed by atoms with Crippen molar-refractivity contribution < 1.29 is 13.5 Å². The molecular weight excluding hydrogens is 244 g/mol. The molecule has 0 unspecified atom stereocenters. The van der Waals surface area contributed by atoms with Crippen LogP contribution in [-0.4, -0.2) is 28.2 Å². The SMILES string of the molecule is C=C(N)Nc1cc2[nH]nc(OCC(F)F)c2cn1. The van der Waals surface area contributed by atoms with Gasteiger partial charge in [-0.3, -0.25) is 5.10 Å². The molecule has 0 radical (unpaired) electrons. The predicted octanol–water partition coefficient (Wildman–Crippen LogP) is 1.44. The molecule has 0 spiro atoms. The number of ether oxygens (including phenoxy) is 1. The van der Waals surface area contributed by atoms with Crippen molar-refractivity contribution in [2.45, 2.75) is 6.43 Å². The smallest absolute Gasteiger partial charge is 0.272 e. The van der Waals surface area contributed by atoms with E-state index in [-0.39, 0.29) is 11.7 Å². The number of rotatable bonds is 5. The van der Waals surface area contributed by atoms with Crippen LogP contribution in [0.5, 0.6) is 5.88 Å². The van der Waals surface area contributed by atoms with Crippen LogP contribution in [0.1, 0.15) is 0 Å². The van der Waals surface area contributed by atoms with Crippen molar-refractivity contribution in [2.75, 3.05) is 11.9 Å². The molecular formula is C10H11F2N5O. The van der Waals surface area contributed by atoms with Crippen LogP contribution >= 0.6 is 0 Å². The molecule has 2 heterocycles. The number of aromatic nitrogens is 3. The zero-order valence-electron chi connectivity index (χ0n) is 9.28. The van der Waals surface area contributed by atoms with Gasteiger partial charge in [-0.25, -0.2) is 13.8 Å². The summed E-state index contributed by atoms with van der Waals surface area (Å²) < 4.78 is 28.9. The molecule has 0 saturated heterocycles. The summed E-state index contributed by atoms with van der Waals surface area (Å²) in [5, 5.41) is 9.68. The van der Waals surface area contributed by atoms with Crippen molar-refractivity contribution in [3.63, 3.8) is 0 Å². The van der Waals surface area contributed by atoms with E-state index in [1.807, 2.05) is 0 Å². The van der Waals surface area contributed by atoms with E-state index in [0.717, 1.165) is 0 Å². The second-order valence-electron chi connectivity index (χ2n) is 3.50. The number of H-pyrrole nitrogens is 1. The Hall–Kier alpha value is -2.38. The summed E-state index contributed by atoms with van der Waals surface area (Å²) in [6, 6.07) is 1.62. The van der Waals surface area contributed by atoms with Gasteiger partial charge in [0.25, 0.3) is 6.43 Å². The summed E-state index contributed by atoms with van der Waals surface area (Å²) in [5.41, 5.74) is 5.97. The maximum Gasteiger partial charge on any atom is 0.272 e. The fourth-order valence-corrected chi connectivity index (χ4v) is 1.37. The van der Waals surface area contributed by atoms with Crippen molar-refractivity contribution in [2.24, 2.45) is 5.73 Å². The highest BCUT2D eigenvalue weighted by Gasteiger charge is 2.11. The molecule has 2 rings (SSSR count). The number of hydrogen-bond donors (Lipinski definition) is 3. The maximum absolute atomic E-state index is 12.0. The molecule has 0 atom stereocenters. The number of pyridine rings is 1. The Morgan fingerprint density at radius 1 is 1.61 bits per heavy atom. The lowest BCUT2D eigenvalue weighted by atomic mass is 10.3. The molecule has 0 aromatic carbocycles. The highest BCUT2D eigenvalue weighted by Crippen LogP contribution is 2.23. The Morgan fingerprint density at radius 3 is 3.06 bits per heavy atom. The number of nitrogens with two attached hydrogens (primary N) is 1. The molecule has 2 aromatic rings. The van der Waals surface area contributed by atoms with Crippen LogP contribution in [0.15, 0.2) is 24.7 Å². The van der Waals surface area contributed by atoms with E-state index in [1.165, 1.54) is 6.20 Å². The van der Waals surface area contributed by atoms with Gasteiger partial charge in [-0.15, -0.1) is 5.10 Å². The molecule has 4 N–H and O–H groups in total. The number of halogens is 2. The Labute approximate surface area is 101 Å². The maximum atomic E-state index is 12.0. The van der Waals surface area contributed by atoms with Crippen LogP contribution in [0.3, 0.4) is 0 Å². The minimum Gasteiger partial charge on any atom is -0.470 e. The lowest BCUT2D eigenvalue weighted by Crippen LogP contribution is -2.08. The third-order valence-electron chi connectivity index (χ3n) is 2.05. The zero-order valence-corrected chi connectivity index (χ0v) is 9.28. The third kappa shape index (κ3) is 2.65. The molecule has 0 fully saturated rings. The molecule has 2 aromatic heterocycles. The fraction of sp³-hybridized carbons (Fsp3) is 0.200. The molecule has 96 valence electrons. The van der Waals surface area contributed by atoms with E-state index >= 15 is 0 Å². The quantitative estimate of drug-likeness (QED) is 0.752. The lowest BCUT2D eigenvalue weighted by Gasteiger charge is -2.04. The minimum atomic E-state index is -2.55. The standard InChI is InChI=1S/C10H11F2N5O/c1-5(13)15-9-2-7-6(3-14-9)10(17-16-7)18-4-8(11)12/h2-3,8H,1,4,13H2,(H,14,15)(H,16,17). The van der Waals surface area contributed by atoms with Gasteiger partial charge in [-0.05, 0) is 0 Å². The number of aromatic amines is 1. The van der Waals surface area contributed by atoms with Crippen LogP contribution in [0, 0.1) is 0 Å². The van der Waals surface area contributed by atoms with Gasteiger partial charge in [0.05, 0.1) is 16.7 Å². The van der Waals surface area contributed by atoms with Crippen molar-refractivity contribution in [1.29, 1.82) is 0 Å². The van der Waals surface area contributed by atoms with Gasteiger partial charge >= 0.3 is 0 Å². The Kier molecular flexibility index (Phi) is 3.26. The fourth-order valence-electron chi connectivity index (χ4n) is 1.37. The third-order valence-corrected chi connectivity index (χ3v) is 2.05. The minimum absolute atomic E-state index is 0.0934. The summed E-state index contributed by atoms with van der Waals surface area (Å²) >= 11 is 0. The normalized spacial score (nSPS) is 10.8. The number of hydrogen-bond acceptors (Lipinski definition) is 5. The first kappa shape index (κ1) is 12.1. The van der Waals surface area contributed by atoms with E-state index < -0.39 is 13.0 Å². The lowest BCUT2D eigenvalue weighted by molar-refractivity contribution is 0.0803. The van der Waals surface area contributed by atoms with Gasteiger partial charge in [0, 0.05) is 12.3 Å². The summed E-state index contributed by atoms with van der Waals surface area (Å²) in [7, 11) is 0. The molecule has 0 aliphatic rings. The highest BCUT2D eigenvalue weighted by atomic mass is 19.3. The van der Waals surface area contributed by atoms with E-state index in [2.05, 4.69) is 27.1 Å². The van der Waals surface area contributed by atoms with Crippen LogP contribution < -0.4 is 15.8 Å². The van der Waals surface area contributed by atoms with E-state index in [9.17, 15) is 8.78 Å². The molecule has 6 nitrogen and oxygen atoms in total. The van der Waals surface area contributed by atoms with Gasteiger partial charge in [0.1, 0.15) is 5.82 Å². The van der Waals surface area contributed by atoms with E-state index in [1.54, 1.807) is 6.07 Å². The van der Waals surface area contributed by atoms with Gasteiger partial charge < -0.3 is 15.8 Å². The van der Waals surface area contributed by atoms with Gasteiger partial charge in [0.2, 0.25) is 5.88 Å². The molecule has 0 aliphatic heterocycles. The summed E-state index contributed by atoms with van der Waals surface area (Å²) in [6.07, 6.45) is -1.10. The topological polar surface area (TPSA) is 88.8 Å². The first-order valence-corrected chi connectivity index (χ1v) is 5.02. The highest BCUT2D eigenvalue weighted by molar-refractivity contribution is 5.85. The Balaban J connectivity index is 2.23. The van der Waals surface area contributed by atoms with Crippen LogP contribution in [0.2, 0.25) is 0 Å². The first-order valence-electron chi connectivity index (χ1n) is 5.02. The number of anilines is 1. The zero-order chi connectivity index (χ0) is 13.1. The molecule has 0 amide bonds. The van der Waals surface area contributed by atoms with E-state index in [0.29, 0.717) is 16.7 Å². The largest absolute Gasteiger partial charge is 0.470 e. The van der Waals surface area contributed by atoms with Crippen molar-refractivity contribution >= 4 is 16.7 Å². The second kappa shape index (κ2) is 4.86. The molecule has 18 heavy (non-hydrogen) atoms. The predicted molar refractivity (Wildman–Crippen MR) is 62.3 cm³/mol. The van der Waals surface area contributed by atoms with Crippen molar-refractivity contribution in [1.82, 2.24) is 15.2 Å². The average Bonchev–Trinajstić information content (AvgIpc) is 2.68. The number of fused-ring (bicyclic) bond motifs is 1. The molecule has 0 saturated carbocycles. The molecule has 8 heteroatoms. The second-order valence-corrected chi connectivity index (χ2v) is 3.50. The number of nitrogens with zero attached hydrogens (tertiary/aromatic N) is 2. The van der Waals surface area contributed by atoms with Crippen LogP contribution in [-0.2, 0) is 0 Å². The van der Waals surface area contributed by atoms with Gasteiger partial charge in [-0.1, -0.05) is 6.58 Å². The molecule has 0 bridgehead atoms. The van der Waals surface area contributed by atoms with Gasteiger partial charge in [-0.2, -0.15) is 0 Å². The van der Waals surface area contributed by atoms with Crippen LogP contribution in [0.25, 0.3) is 10.9 Å². The van der Waals surface area contributed by atoms with Crippen LogP contribution in [0.4, 0.5) is 14.6 Å². The monoisotopic (exact) mass is 255 g/mol. The number of nitrogens with one attached hydrogen (secondary N) is 2. The summed E-state index contributed by atoms with van der Waals surface area (Å²) in [5.74, 6) is 0.811. The Bertz CT molecular complexity index is 568. The molecule has 0 aliphatic carbocycles. The number of alkyl halides is 2. The summed E-state index contributed by atoms with van der Waals surface area (Å²) in [6.45, 7) is 2.77. The van der Waals surface area contributed by atoms with Crippen molar-refractivity contribution in [3.8, 4) is 5.88 Å². The first-order chi connectivity index (χ1) is 8.56. The van der Waals surface area contributed by atoms with Gasteiger partial charge in [0.15, 0.2) is 6.61 Å². The van der Waals surface area contributed by atoms with Crippen molar-refractivity contribution in [3.05, 3.63) is 24.7 Å². The van der Waals surface area contributed by atoms with E-state index in [4.69, 9.17) is 10.5 Å². The average molecular weight is 255 g/mol. The Morgan fingerprint density at radius 2 is 2.39 bits per heavy atom.